The van der Waals surface area contributed by atoms with E-state index in [1.54, 1.807) is 35.7 Å². The Hall–Kier alpha value is -3.07. The number of hydrogen-bond acceptors (Lipinski definition) is 8. The molecule has 3 aromatic rings. The lowest BCUT2D eigenvalue weighted by Crippen LogP contribution is -2.43. The average Bonchev–Trinajstić information content (AvgIpc) is 3.48. The van der Waals surface area contributed by atoms with Crippen LogP contribution >= 0.6 is 11.3 Å². The average molecular weight is 498 g/mol. The smallest absolute Gasteiger partial charge is 0.252 e. The third-order valence-corrected chi connectivity index (χ3v) is 9.62. The molecule has 0 radical (unpaired) electrons. The molecule has 1 aliphatic carbocycles. The third kappa shape index (κ3) is 4.49. The maximum absolute atomic E-state index is 13.3. The lowest BCUT2D eigenvalue weighted by atomic mass is 9.85. The quantitative estimate of drug-likeness (QED) is 0.545. The summed E-state index contributed by atoms with van der Waals surface area (Å²) in [7, 11) is -3.76. The van der Waals surface area contributed by atoms with Crippen LogP contribution in [-0.2, 0) is 14.8 Å². The van der Waals surface area contributed by atoms with Gasteiger partial charge in [0.15, 0.2) is 0 Å². The monoisotopic (exact) mass is 497 g/mol. The van der Waals surface area contributed by atoms with Gasteiger partial charge in [-0.15, -0.1) is 11.3 Å². The minimum absolute atomic E-state index is 0.105. The lowest BCUT2D eigenvalue weighted by molar-refractivity contribution is -0.120. The van der Waals surface area contributed by atoms with Crippen molar-refractivity contribution in [2.45, 2.75) is 42.2 Å². The van der Waals surface area contributed by atoms with Crippen LogP contribution in [0.2, 0.25) is 0 Å². The van der Waals surface area contributed by atoms with E-state index >= 15 is 0 Å². The molecule has 0 bridgehead atoms. The Morgan fingerprint density at radius 2 is 2.09 bits per heavy atom. The van der Waals surface area contributed by atoms with Crippen LogP contribution in [0, 0.1) is 17.2 Å². The van der Waals surface area contributed by atoms with Gasteiger partial charge in [-0.1, -0.05) is 17.6 Å². The zero-order valence-corrected chi connectivity index (χ0v) is 19.9. The van der Waals surface area contributed by atoms with Crippen molar-refractivity contribution in [1.29, 1.82) is 5.26 Å². The fourth-order valence-electron chi connectivity index (χ4n) is 4.16. The first kappa shape index (κ1) is 22.7. The molecule has 1 aromatic carbocycles. The van der Waals surface area contributed by atoms with Crippen molar-refractivity contribution in [3.63, 3.8) is 0 Å². The van der Waals surface area contributed by atoms with Gasteiger partial charge in [0.1, 0.15) is 4.21 Å². The second-order valence-corrected chi connectivity index (χ2v) is 11.7. The Kier molecular flexibility index (Phi) is 6.20. The predicted molar refractivity (Wildman–Crippen MR) is 125 cm³/mol. The Labute approximate surface area is 201 Å². The number of thiophene rings is 1. The van der Waals surface area contributed by atoms with Crippen LogP contribution in [-0.4, -0.2) is 41.9 Å². The number of anilines is 1. The summed E-state index contributed by atoms with van der Waals surface area (Å²) in [4.78, 5) is 17.3. The van der Waals surface area contributed by atoms with Crippen molar-refractivity contribution in [3.05, 3.63) is 47.2 Å². The molecule has 2 aromatic heterocycles. The summed E-state index contributed by atoms with van der Waals surface area (Å²) in [5.41, 5.74) is 1.58. The van der Waals surface area contributed by atoms with Crippen molar-refractivity contribution < 1.29 is 17.7 Å². The number of nitrogens with zero attached hydrogens (tertiary/aromatic N) is 4. The van der Waals surface area contributed by atoms with Gasteiger partial charge in [0.2, 0.25) is 17.6 Å². The number of carbonyl (C=O) groups is 1. The molecule has 1 aliphatic heterocycles. The fraction of sp³-hybridized carbons (Fsp3) is 0.391. The molecule has 9 nitrogen and oxygen atoms in total. The summed E-state index contributed by atoms with van der Waals surface area (Å²) >= 11 is 1.12. The summed E-state index contributed by atoms with van der Waals surface area (Å²) in [6.07, 6.45) is 4.42. The first-order valence-electron chi connectivity index (χ1n) is 11.2. The molecule has 34 heavy (non-hydrogen) atoms. The lowest BCUT2D eigenvalue weighted by Gasteiger charge is -2.30. The Bertz CT molecular complexity index is 1350. The highest BCUT2D eigenvalue weighted by Crippen LogP contribution is 2.37. The number of nitriles is 1. The van der Waals surface area contributed by atoms with Crippen LogP contribution in [0.3, 0.4) is 0 Å². The van der Waals surface area contributed by atoms with Crippen molar-refractivity contribution in [3.8, 4) is 17.5 Å². The number of nitrogens with one attached hydrogen (secondary N) is 1. The second kappa shape index (κ2) is 9.29. The van der Waals surface area contributed by atoms with Crippen LogP contribution in [0.5, 0.6) is 0 Å². The first-order chi connectivity index (χ1) is 16.4. The maximum Gasteiger partial charge on any atom is 0.252 e. The van der Waals surface area contributed by atoms with Crippen molar-refractivity contribution in [2.75, 3.05) is 18.4 Å². The van der Waals surface area contributed by atoms with E-state index in [-0.39, 0.29) is 16.7 Å². The van der Waals surface area contributed by atoms with Gasteiger partial charge < -0.3 is 9.84 Å². The standard InChI is InChI=1S/C23H23N5O4S2/c24-12-15-4-1-8-19(10-15)25-22(29)17-7-3-9-28(13-17)34(30,31)20-11-18(14-33-20)21-26-23(32-27-21)16-5-2-6-16/h1,4,8,10-11,14,16-17H,2-3,5-7,9,13H2,(H,25,29). The Morgan fingerprint density at radius 3 is 2.85 bits per heavy atom. The van der Waals surface area contributed by atoms with E-state index in [4.69, 9.17) is 9.78 Å². The van der Waals surface area contributed by atoms with Crippen LogP contribution < -0.4 is 5.32 Å². The number of piperidine rings is 1. The molecule has 1 N–H and O–H groups in total. The van der Waals surface area contributed by atoms with Crippen LogP contribution in [0.15, 0.2) is 44.4 Å². The van der Waals surface area contributed by atoms with Gasteiger partial charge in [0.05, 0.1) is 17.6 Å². The normalized spacial score (nSPS) is 19.3. The van der Waals surface area contributed by atoms with E-state index in [0.717, 1.165) is 30.6 Å². The molecule has 176 valence electrons. The van der Waals surface area contributed by atoms with Gasteiger partial charge >= 0.3 is 0 Å². The van der Waals surface area contributed by atoms with Gasteiger partial charge in [0.25, 0.3) is 10.0 Å². The highest BCUT2D eigenvalue weighted by molar-refractivity contribution is 7.91. The molecule has 1 saturated heterocycles. The van der Waals surface area contributed by atoms with Crippen molar-refractivity contribution in [2.24, 2.45) is 5.92 Å². The number of amides is 1. The molecular formula is C23H23N5O4S2. The van der Waals surface area contributed by atoms with Crippen LogP contribution in [0.4, 0.5) is 5.69 Å². The third-order valence-electron chi connectivity index (χ3n) is 6.34. The van der Waals surface area contributed by atoms with Gasteiger partial charge in [-0.25, -0.2) is 8.42 Å². The number of carbonyl (C=O) groups excluding carboxylic acids is 1. The van der Waals surface area contributed by atoms with E-state index in [1.165, 1.54) is 4.31 Å². The molecular weight excluding hydrogens is 474 g/mol. The van der Waals surface area contributed by atoms with E-state index in [2.05, 4.69) is 15.5 Å². The molecule has 2 aliphatic rings. The minimum Gasteiger partial charge on any atom is -0.339 e. The Morgan fingerprint density at radius 1 is 1.24 bits per heavy atom. The maximum atomic E-state index is 13.3. The number of rotatable bonds is 6. The van der Waals surface area contributed by atoms with E-state index in [0.29, 0.717) is 53.8 Å². The molecule has 1 atom stereocenters. The molecule has 1 amide bonds. The fourth-order valence-corrected chi connectivity index (χ4v) is 6.99. The molecule has 1 saturated carbocycles. The number of aromatic nitrogens is 2. The summed E-state index contributed by atoms with van der Waals surface area (Å²) in [5, 5.41) is 17.6. The predicted octanol–water partition coefficient (Wildman–Crippen LogP) is 3.98. The van der Waals surface area contributed by atoms with Crippen LogP contribution in [0.25, 0.3) is 11.4 Å². The summed E-state index contributed by atoms with van der Waals surface area (Å²) < 4.78 is 33.6. The summed E-state index contributed by atoms with van der Waals surface area (Å²) in [6, 6.07) is 10.3. The van der Waals surface area contributed by atoms with Crippen molar-refractivity contribution in [1.82, 2.24) is 14.4 Å². The highest BCUT2D eigenvalue weighted by atomic mass is 32.2. The zero-order chi connectivity index (χ0) is 23.7. The SMILES string of the molecule is N#Cc1cccc(NC(=O)C2CCCN(S(=O)(=O)c3cc(-c4noc(C5CCC5)n4)cs3)C2)c1. The van der Waals surface area contributed by atoms with Gasteiger partial charge in [0, 0.05) is 35.6 Å². The van der Waals surface area contributed by atoms with Crippen LogP contribution in [0.1, 0.15) is 49.5 Å². The van der Waals surface area contributed by atoms with E-state index < -0.39 is 15.9 Å². The van der Waals surface area contributed by atoms with E-state index in [9.17, 15) is 13.2 Å². The van der Waals surface area contributed by atoms with Crippen molar-refractivity contribution >= 4 is 33.0 Å². The molecule has 3 heterocycles. The second-order valence-electron chi connectivity index (χ2n) is 8.62. The Balaban J connectivity index is 1.28. The summed E-state index contributed by atoms with van der Waals surface area (Å²) in [5.74, 6) is 0.590. The number of sulfonamides is 1. The largest absolute Gasteiger partial charge is 0.339 e. The molecule has 11 heteroatoms. The van der Waals surface area contributed by atoms with Gasteiger partial charge in [-0.05, 0) is 49.9 Å². The molecule has 5 rings (SSSR count). The summed E-state index contributed by atoms with van der Waals surface area (Å²) in [6.45, 7) is 0.463. The molecule has 2 fully saturated rings. The minimum atomic E-state index is -3.76. The van der Waals surface area contributed by atoms with Gasteiger partial charge in [-0.3, -0.25) is 4.79 Å². The molecule has 1 unspecified atom stereocenters. The highest BCUT2D eigenvalue weighted by Gasteiger charge is 2.34. The topological polar surface area (TPSA) is 129 Å². The first-order valence-corrected chi connectivity index (χ1v) is 13.5. The van der Waals surface area contributed by atoms with E-state index in [1.807, 2.05) is 6.07 Å². The zero-order valence-electron chi connectivity index (χ0n) is 18.3. The number of benzene rings is 1. The molecule has 0 spiro atoms. The number of hydrogen-bond donors (Lipinski definition) is 1. The van der Waals surface area contributed by atoms with Gasteiger partial charge in [-0.2, -0.15) is 14.6 Å².